The van der Waals surface area contributed by atoms with Crippen LogP contribution in [-0.2, 0) is 56.8 Å². The van der Waals surface area contributed by atoms with Crippen molar-refractivity contribution in [2.24, 2.45) is 52.3 Å². The van der Waals surface area contributed by atoms with Crippen molar-refractivity contribution in [1.82, 2.24) is 0 Å². The number of fused-ring (bicyclic) bond motifs is 7. The summed E-state index contributed by atoms with van der Waals surface area (Å²) in [5.41, 5.74) is -0.531. The molecule has 0 amide bonds. The molecule has 1 spiro atoms. The van der Waals surface area contributed by atoms with Crippen LogP contribution < -0.4 is 0 Å². The highest BCUT2D eigenvalue weighted by atomic mass is 16.8. The molecule has 17 N–H and O–H groups in total. The minimum Gasteiger partial charge on any atom is -0.394 e. The van der Waals surface area contributed by atoms with Crippen molar-refractivity contribution in [1.29, 1.82) is 0 Å². The summed E-state index contributed by atoms with van der Waals surface area (Å²) in [6.45, 7) is 5.21. The molecule has 7 saturated heterocycles. The van der Waals surface area contributed by atoms with Crippen molar-refractivity contribution in [3.8, 4) is 0 Å². The Morgan fingerprint density at radius 2 is 1.01 bits per heavy atom. The van der Waals surface area contributed by atoms with Gasteiger partial charge in [0.15, 0.2) is 37.2 Å². The van der Waals surface area contributed by atoms with Crippen molar-refractivity contribution in [3.05, 3.63) is 0 Å². The van der Waals surface area contributed by atoms with Crippen LogP contribution in [0, 0.1) is 52.3 Å². The zero-order chi connectivity index (χ0) is 61.1. The third-order valence-corrected chi connectivity index (χ3v) is 22.2. The topological polar surface area (TPSA) is 455 Å². The van der Waals surface area contributed by atoms with Crippen LogP contribution in [0.2, 0.25) is 0 Å². The second-order valence-electron chi connectivity index (χ2n) is 26.9. The normalized spacial score (nSPS) is 58.1. The number of rotatable bonds is 14. The van der Waals surface area contributed by atoms with Gasteiger partial charge in [0.25, 0.3) is 0 Å². The second kappa shape index (κ2) is 25.4. The molecule has 29 heteroatoms. The van der Waals surface area contributed by atoms with Gasteiger partial charge in [0.05, 0.1) is 64.1 Å². The maximum absolute atomic E-state index is 12.3. The lowest BCUT2D eigenvalue weighted by Gasteiger charge is -2.62. The van der Waals surface area contributed by atoms with Crippen LogP contribution in [-0.4, -0.2) is 304 Å². The van der Waals surface area contributed by atoms with Crippen LogP contribution in [0.25, 0.3) is 0 Å². The third-order valence-electron chi connectivity index (χ3n) is 22.2. The number of aliphatic hydroxyl groups excluding tert-OH is 17. The number of hydrogen-bond donors (Lipinski definition) is 17. The highest BCUT2D eigenvalue weighted by Crippen LogP contribution is 2.71. The number of aliphatic hydroxyl groups is 17. The van der Waals surface area contributed by atoms with Gasteiger partial charge in [-0.1, -0.05) is 27.7 Å². The van der Waals surface area contributed by atoms with E-state index in [9.17, 15) is 86.8 Å². The first-order valence-electron chi connectivity index (χ1n) is 30.5. The van der Waals surface area contributed by atoms with Crippen molar-refractivity contribution < 1.29 is 144 Å². The minimum absolute atomic E-state index is 0.00749. The first-order valence-corrected chi connectivity index (χ1v) is 30.5. The molecular weight excluding hydrogens is 1140 g/mol. The molecule has 1 unspecified atom stereocenters. The van der Waals surface area contributed by atoms with Gasteiger partial charge in [0.2, 0.25) is 0 Å². The lowest BCUT2D eigenvalue weighted by molar-refractivity contribution is -0.410. The molecule has 4 saturated carbocycles. The van der Waals surface area contributed by atoms with E-state index in [2.05, 4.69) is 27.7 Å². The lowest BCUT2D eigenvalue weighted by Crippen LogP contribution is -2.69. The molecule has 0 aromatic carbocycles. The fourth-order valence-electron chi connectivity index (χ4n) is 17.4. The van der Waals surface area contributed by atoms with E-state index in [0.29, 0.717) is 25.4 Å². The molecule has 38 atom stereocenters. The van der Waals surface area contributed by atoms with Gasteiger partial charge in [-0.2, -0.15) is 0 Å². The Morgan fingerprint density at radius 1 is 0.447 bits per heavy atom. The maximum atomic E-state index is 12.3. The largest absolute Gasteiger partial charge is 0.394 e. The van der Waals surface area contributed by atoms with Gasteiger partial charge >= 0.3 is 0 Å². The maximum Gasteiger partial charge on any atom is 0.187 e. The Kier molecular flexibility index (Phi) is 19.5. The molecule has 29 nitrogen and oxygen atoms in total. The molecule has 0 aromatic rings. The molecule has 11 rings (SSSR count). The predicted molar refractivity (Wildman–Crippen MR) is 278 cm³/mol. The van der Waals surface area contributed by atoms with Gasteiger partial charge in [0.1, 0.15) is 116 Å². The second-order valence-corrected chi connectivity index (χ2v) is 26.9. The van der Waals surface area contributed by atoms with E-state index in [1.807, 2.05) is 0 Å². The Labute approximate surface area is 491 Å². The standard InChI is InChI=1S/C56H92O29/c1-19-7-10-56(75-17-19)20(2)31-45(85-56)37(67)32-22-6-5-21-11-26(24(61)12-55(21,4)23(22)8-9-54(31,32)3)76-50-42(72)39(69)44(30(16-60)80-50)81-53-48(47(36(66)29(15-59)79-53)83-49-40(70)33(63)25(62)18-74-49)84-52-43(73)46(35(65)28(14-58)78-52)82-51-41(71)38(68)34(64)27(13-57)77-51/h19-53,57-73H,5-18H2,1-4H3/t19?,20-,21-,22+,23-,24+,25+,26+,27+,28+,29+,30+,31-,32+,33-,34+,35-,36+,37-,38-,39+,40+,41+,42+,43+,44-,45+,46-,47-,48+,49-,50+,51-,52-,53-,54+,55-,56+/m0/s1. The highest BCUT2D eigenvalue weighted by Gasteiger charge is 2.73. The van der Waals surface area contributed by atoms with E-state index in [0.717, 1.165) is 38.5 Å². The molecular formula is C56H92O29. The van der Waals surface area contributed by atoms with Crippen molar-refractivity contribution in [2.75, 3.05) is 39.6 Å². The highest BCUT2D eigenvalue weighted by molar-refractivity contribution is 5.19. The molecule has 0 radical (unpaired) electrons. The van der Waals surface area contributed by atoms with E-state index in [-0.39, 0.29) is 52.4 Å². The molecule has 4 aliphatic carbocycles. The fraction of sp³-hybridized carbons (Fsp3) is 1.00. The van der Waals surface area contributed by atoms with E-state index >= 15 is 0 Å². The molecule has 7 aliphatic heterocycles. The van der Waals surface area contributed by atoms with E-state index < -0.39 is 205 Å². The summed E-state index contributed by atoms with van der Waals surface area (Å²) in [5, 5.41) is 188. The summed E-state index contributed by atoms with van der Waals surface area (Å²) in [6.07, 6.45) is -42.5. The Hall–Kier alpha value is -1.16. The Morgan fingerprint density at radius 3 is 1.67 bits per heavy atom. The van der Waals surface area contributed by atoms with Gasteiger partial charge in [-0.15, -0.1) is 0 Å². The summed E-state index contributed by atoms with van der Waals surface area (Å²) >= 11 is 0. The van der Waals surface area contributed by atoms with Crippen LogP contribution >= 0.6 is 0 Å². The van der Waals surface area contributed by atoms with E-state index in [4.69, 9.17) is 56.8 Å². The van der Waals surface area contributed by atoms with Gasteiger partial charge in [0, 0.05) is 18.3 Å². The summed E-state index contributed by atoms with van der Waals surface area (Å²) < 4.78 is 72.8. The van der Waals surface area contributed by atoms with Gasteiger partial charge in [-0.25, -0.2) is 0 Å². The van der Waals surface area contributed by atoms with Crippen LogP contribution in [0.3, 0.4) is 0 Å². The lowest BCUT2D eigenvalue weighted by atomic mass is 9.44. The Balaban J connectivity index is 0.797. The number of ether oxygens (including phenoxy) is 12. The first kappa shape index (κ1) is 65.3. The van der Waals surface area contributed by atoms with Crippen molar-refractivity contribution >= 4 is 0 Å². The molecule has 11 fully saturated rings. The molecule has 7 heterocycles. The monoisotopic (exact) mass is 1230 g/mol. The Bertz CT molecular complexity index is 2220. The average molecular weight is 1230 g/mol. The van der Waals surface area contributed by atoms with Crippen molar-refractivity contribution in [2.45, 2.75) is 257 Å². The van der Waals surface area contributed by atoms with Crippen molar-refractivity contribution in [3.63, 3.8) is 0 Å². The molecule has 0 aromatic heterocycles. The molecule has 0 bridgehead atoms. The molecule has 85 heavy (non-hydrogen) atoms. The van der Waals surface area contributed by atoms with Crippen LogP contribution in [0.5, 0.6) is 0 Å². The van der Waals surface area contributed by atoms with Crippen LogP contribution in [0.15, 0.2) is 0 Å². The van der Waals surface area contributed by atoms with Gasteiger partial charge < -0.3 is 144 Å². The van der Waals surface area contributed by atoms with Gasteiger partial charge in [-0.05, 0) is 85.4 Å². The molecule has 490 valence electrons. The molecule has 11 aliphatic rings. The SMILES string of the molecule is CC1CC[C@@]2(OC1)O[C@H]1[C@@H](O)[C@H]3[C@@H]4CC[C@H]5C[C@@H](O[C@@H]6O[C@H](CO)[C@H](O[C@@H]7O[C@H](CO)[C@@H](O)[C@H](O[C@@H]8OC[C@@H](O)[C@H](O)[C@H]8O)[C@H]7O[C@@H]7O[C@H](CO)[C@H](O)[C@H](O[C@@H]8O[C@H](CO)[C@@H](O)[C@H](O)[C@H]8O)[C@H]7O)[C@H](O)[C@H]6O)[C@H](O)C[C@]5(C)[C@H]4CC[C@]3(C)[C@H]1[C@@H]2C. The summed E-state index contributed by atoms with van der Waals surface area (Å²) in [4.78, 5) is 0. The average Bonchev–Trinajstić information content (AvgIpc) is 1.59. The zero-order valence-electron chi connectivity index (χ0n) is 48.1. The quantitative estimate of drug-likeness (QED) is 0.0719. The summed E-state index contributed by atoms with van der Waals surface area (Å²) in [6, 6.07) is 0. The summed E-state index contributed by atoms with van der Waals surface area (Å²) in [7, 11) is 0. The first-order chi connectivity index (χ1) is 40.3. The third kappa shape index (κ3) is 11.3. The summed E-state index contributed by atoms with van der Waals surface area (Å²) in [5.74, 6) is 0.388. The van der Waals surface area contributed by atoms with E-state index in [1.54, 1.807) is 0 Å². The van der Waals surface area contributed by atoms with E-state index in [1.165, 1.54) is 0 Å². The smallest absolute Gasteiger partial charge is 0.187 e. The van der Waals surface area contributed by atoms with Crippen LogP contribution in [0.1, 0.15) is 79.1 Å². The predicted octanol–water partition coefficient (Wildman–Crippen LogP) is -6.50. The number of hydrogen-bond acceptors (Lipinski definition) is 29. The van der Waals surface area contributed by atoms with Crippen LogP contribution in [0.4, 0.5) is 0 Å². The zero-order valence-corrected chi connectivity index (χ0v) is 48.1. The fourth-order valence-corrected chi connectivity index (χ4v) is 17.4. The van der Waals surface area contributed by atoms with Gasteiger partial charge in [-0.3, -0.25) is 0 Å². The minimum atomic E-state index is -2.21.